The number of aryl methyl sites for hydroxylation is 2. The standard InChI is InChI=1S/C24H22FNO3/c1-16-11-12-17(2)21(13-16)26-24(28)23(19-8-4-3-5-9-19)29-22(27)15-18-7-6-10-20(25)14-18/h3-14,23H,15H2,1-2H3,(H,26,28). The number of benzene rings is 3. The van der Waals surface area contributed by atoms with Gasteiger partial charge in [-0.05, 0) is 48.7 Å². The van der Waals surface area contributed by atoms with E-state index in [9.17, 15) is 14.0 Å². The van der Waals surface area contributed by atoms with Gasteiger partial charge in [-0.2, -0.15) is 0 Å². The molecule has 0 heterocycles. The van der Waals surface area contributed by atoms with Crippen molar-refractivity contribution in [3.05, 3.63) is 101 Å². The van der Waals surface area contributed by atoms with Gasteiger partial charge in [0.15, 0.2) is 0 Å². The fourth-order valence-corrected chi connectivity index (χ4v) is 2.96. The Labute approximate surface area is 169 Å². The average Bonchev–Trinajstić information content (AvgIpc) is 2.69. The molecule has 3 rings (SSSR count). The van der Waals surface area contributed by atoms with Gasteiger partial charge < -0.3 is 10.1 Å². The summed E-state index contributed by atoms with van der Waals surface area (Å²) in [7, 11) is 0. The summed E-state index contributed by atoms with van der Waals surface area (Å²) >= 11 is 0. The molecule has 1 atom stereocenters. The Balaban J connectivity index is 1.80. The second-order valence-corrected chi connectivity index (χ2v) is 6.89. The normalized spacial score (nSPS) is 11.6. The van der Waals surface area contributed by atoms with Crippen molar-refractivity contribution < 1.29 is 18.7 Å². The van der Waals surface area contributed by atoms with Crippen LogP contribution in [0.2, 0.25) is 0 Å². The second-order valence-electron chi connectivity index (χ2n) is 6.89. The third-order valence-electron chi connectivity index (χ3n) is 4.48. The first kappa shape index (κ1) is 20.3. The number of ether oxygens (including phenoxy) is 1. The summed E-state index contributed by atoms with van der Waals surface area (Å²) in [4.78, 5) is 25.4. The molecule has 3 aromatic carbocycles. The number of esters is 1. The second kappa shape index (κ2) is 9.15. The van der Waals surface area contributed by atoms with Gasteiger partial charge in [-0.3, -0.25) is 9.59 Å². The largest absolute Gasteiger partial charge is 0.447 e. The lowest BCUT2D eigenvalue weighted by Gasteiger charge is -2.19. The number of halogens is 1. The van der Waals surface area contributed by atoms with Crippen molar-refractivity contribution in [2.75, 3.05) is 5.32 Å². The van der Waals surface area contributed by atoms with E-state index in [1.807, 2.05) is 38.1 Å². The van der Waals surface area contributed by atoms with Crippen molar-refractivity contribution in [1.29, 1.82) is 0 Å². The third kappa shape index (κ3) is 5.51. The third-order valence-corrected chi connectivity index (χ3v) is 4.48. The van der Waals surface area contributed by atoms with Gasteiger partial charge in [-0.15, -0.1) is 0 Å². The molecule has 29 heavy (non-hydrogen) atoms. The van der Waals surface area contributed by atoms with Crippen LogP contribution in [0, 0.1) is 19.7 Å². The number of carbonyl (C=O) groups is 2. The van der Waals surface area contributed by atoms with Gasteiger partial charge in [0.25, 0.3) is 5.91 Å². The van der Waals surface area contributed by atoms with Crippen LogP contribution in [0.3, 0.4) is 0 Å². The van der Waals surface area contributed by atoms with Crippen molar-refractivity contribution in [1.82, 2.24) is 0 Å². The summed E-state index contributed by atoms with van der Waals surface area (Å²) in [6.45, 7) is 3.82. The number of rotatable bonds is 6. The number of hydrogen-bond acceptors (Lipinski definition) is 3. The molecule has 1 amide bonds. The minimum atomic E-state index is -1.11. The zero-order valence-corrected chi connectivity index (χ0v) is 16.3. The highest BCUT2D eigenvalue weighted by molar-refractivity contribution is 5.96. The molecule has 0 fully saturated rings. The fraction of sp³-hybridized carbons (Fsp3) is 0.167. The molecule has 3 aromatic rings. The van der Waals surface area contributed by atoms with Crippen molar-refractivity contribution in [2.45, 2.75) is 26.4 Å². The number of hydrogen-bond donors (Lipinski definition) is 1. The SMILES string of the molecule is Cc1ccc(C)c(NC(=O)C(OC(=O)Cc2cccc(F)c2)c2ccccc2)c1. The molecule has 4 nitrogen and oxygen atoms in total. The average molecular weight is 391 g/mol. The van der Waals surface area contributed by atoms with Crippen LogP contribution in [0.25, 0.3) is 0 Å². The van der Waals surface area contributed by atoms with Crippen molar-refractivity contribution in [3.63, 3.8) is 0 Å². The van der Waals surface area contributed by atoms with E-state index in [0.29, 0.717) is 16.8 Å². The smallest absolute Gasteiger partial charge is 0.311 e. The zero-order chi connectivity index (χ0) is 20.8. The molecule has 0 aliphatic rings. The van der Waals surface area contributed by atoms with E-state index in [1.165, 1.54) is 18.2 Å². The minimum absolute atomic E-state index is 0.127. The molecular formula is C24H22FNO3. The summed E-state index contributed by atoms with van der Waals surface area (Å²) in [5, 5.41) is 2.85. The number of anilines is 1. The van der Waals surface area contributed by atoms with Gasteiger partial charge >= 0.3 is 5.97 Å². The molecule has 0 spiro atoms. The van der Waals surface area contributed by atoms with E-state index in [0.717, 1.165) is 11.1 Å². The molecule has 0 aromatic heterocycles. The van der Waals surface area contributed by atoms with Crippen LogP contribution in [0.15, 0.2) is 72.8 Å². The van der Waals surface area contributed by atoms with Crippen LogP contribution in [-0.4, -0.2) is 11.9 Å². The Hall–Kier alpha value is -3.47. The highest BCUT2D eigenvalue weighted by atomic mass is 19.1. The maximum Gasteiger partial charge on any atom is 0.311 e. The Morgan fingerprint density at radius 3 is 2.45 bits per heavy atom. The van der Waals surface area contributed by atoms with Crippen LogP contribution in [0.1, 0.15) is 28.4 Å². The van der Waals surface area contributed by atoms with E-state index in [4.69, 9.17) is 4.74 Å². The first-order chi connectivity index (χ1) is 13.9. The summed E-state index contributed by atoms with van der Waals surface area (Å²) < 4.78 is 18.9. The molecule has 0 saturated heterocycles. The van der Waals surface area contributed by atoms with E-state index >= 15 is 0 Å². The van der Waals surface area contributed by atoms with Gasteiger partial charge in [0.2, 0.25) is 6.10 Å². The van der Waals surface area contributed by atoms with Gasteiger partial charge in [-0.25, -0.2) is 4.39 Å². The number of carbonyl (C=O) groups excluding carboxylic acids is 2. The van der Waals surface area contributed by atoms with Gasteiger partial charge in [0, 0.05) is 11.3 Å². The number of amides is 1. The van der Waals surface area contributed by atoms with E-state index in [2.05, 4.69) is 5.32 Å². The number of nitrogens with one attached hydrogen (secondary N) is 1. The van der Waals surface area contributed by atoms with Crippen molar-refractivity contribution in [2.24, 2.45) is 0 Å². The Bertz CT molecular complexity index is 1020. The molecule has 148 valence electrons. The maximum absolute atomic E-state index is 13.4. The molecule has 0 bridgehead atoms. The first-order valence-corrected chi connectivity index (χ1v) is 9.29. The molecule has 1 N–H and O–H groups in total. The van der Waals surface area contributed by atoms with Gasteiger partial charge in [-0.1, -0.05) is 54.6 Å². The van der Waals surface area contributed by atoms with E-state index in [1.54, 1.807) is 30.3 Å². The van der Waals surface area contributed by atoms with Crippen LogP contribution in [-0.2, 0) is 20.7 Å². The topological polar surface area (TPSA) is 55.4 Å². The summed E-state index contributed by atoms with van der Waals surface area (Å²) in [6.07, 6.45) is -1.24. The lowest BCUT2D eigenvalue weighted by molar-refractivity contribution is -0.154. The highest BCUT2D eigenvalue weighted by Gasteiger charge is 2.25. The summed E-state index contributed by atoms with van der Waals surface area (Å²) in [5.41, 5.74) is 3.61. The Morgan fingerprint density at radius 1 is 0.966 bits per heavy atom. The monoisotopic (exact) mass is 391 g/mol. The zero-order valence-electron chi connectivity index (χ0n) is 16.3. The molecule has 5 heteroatoms. The highest BCUT2D eigenvalue weighted by Crippen LogP contribution is 2.23. The predicted molar refractivity (Wildman–Crippen MR) is 110 cm³/mol. The van der Waals surface area contributed by atoms with Crippen molar-refractivity contribution in [3.8, 4) is 0 Å². The molecule has 0 aliphatic carbocycles. The Kier molecular flexibility index (Phi) is 6.39. The van der Waals surface area contributed by atoms with Crippen LogP contribution in [0.4, 0.5) is 10.1 Å². The minimum Gasteiger partial charge on any atom is -0.447 e. The molecule has 1 unspecified atom stereocenters. The Morgan fingerprint density at radius 2 is 1.72 bits per heavy atom. The fourth-order valence-electron chi connectivity index (χ4n) is 2.96. The summed E-state index contributed by atoms with van der Waals surface area (Å²) in [6, 6.07) is 20.3. The van der Waals surface area contributed by atoms with E-state index in [-0.39, 0.29) is 6.42 Å². The van der Waals surface area contributed by atoms with E-state index < -0.39 is 23.8 Å². The summed E-state index contributed by atoms with van der Waals surface area (Å²) in [5.74, 6) is -1.49. The predicted octanol–water partition coefficient (Wildman–Crippen LogP) is 4.91. The molecule has 0 saturated carbocycles. The quantitative estimate of drug-likeness (QED) is 0.608. The molecule has 0 radical (unpaired) electrons. The van der Waals surface area contributed by atoms with Gasteiger partial charge in [0.05, 0.1) is 6.42 Å². The first-order valence-electron chi connectivity index (χ1n) is 9.29. The van der Waals surface area contributed by atoms with Crippen LogP contribution >= 0.6 is 0 Å². The lowest BCUT2D eigenvalue weighted by atomic mass is 10.1. The van der Waals surface area contributed by atoms with Crippen LogP contribution in [0.5, 0.6) is 0 Å². The molecular weight excluding hydrogens is 369 g/mol. The molecule has 0 aliphatic heterocycles. The maximum atomic E-state index is 13.4. The lowest BCUT2D eigenvalue weighted by Crippen LogP contribution is -2.26. The van der Waals surface area contributed by atoms with Crippen molar-refractivity contribution >= 4 is 17.6 Å². The van der Waals surface area contributed by atoms with Crippen LogP contribution < -0.4 is 5.32 Å². The van der Waals surface area contributed by atoms with Gasteiger partial charge in [0.1, 0.15) is 5.82 Å².